The monoisotopic (exact) mass is 324 g/mol. The van der Waals surface area contributed by atoms with Gasteiger partial charge in [-0.25, -0.2) is 4.98 Å². The summed E-state index contributed by atoms with van der Waals surface area (Å²) in [6.45, 7) is 1.95. The van der Waals surface area contributed by atoms with E-state index in [2.05, 4.69) is 38.7 Å². The van der Waals surface area contributed by atoms with Crippen molar-refractivity contribution in [3.05, 3.63) is 53.6 Å². The second-order valence-electron chi connectivity index (χ2n) is 6.49. The zero-order valence-electron chi connectivity index (χ0n) is 12.7. The Morgan fingerprint density at radius 1 is 1.09 bits per heavy atom. The number of halogens is 1. The Labute approximate surface area is 139 Å². The summed E-state index contributed by atoms with van der Waals surface area (Å²) < 4.78 is 2.47. The second-order valence-corrected chi connectivity index (χ2v) is 6.90. The van der Waals surface area contributed by atoms with Crippen molar-refractivity contribution in [1.29, 1.82) is 0 Å². The maximum atomic E-state index is 6.27. The third kappa shape index (κ3) is 2.12. The fourth-order valence-corrected chi connectivity index (χ4v) is 3.75. The van der Waals surface area contributed by atoms with Crippen molar-refractivity contribution < 1.29 is 0 Å². The molecule has 0 amide bonds. The molecule has 0 spiro atoms. The molecule has 0 N–H and O–H groups in total. The van der Waals surface area contributed by atoms with Gasteiger partial charge in [0, 0.05) is 31.4 Å². The largest absolute Gasteiger partial charge is 0.366 e. The highest BCUT2D eigenvalue weighted by molar-refractivity contribution is 6.33. The number of hydrogen-bond acceptors (Lipinski definition) is 3. The lowest BCUT2D eigenvalue weighted by molar-refractivity contribution is 0.398. The van der Waals surface area contributed by atoms with Crippen molar-refractivity contribution in [1.82, 2.24) is 14.5 Å². The third-order valence-corrected chi connectivity index (χ3v) is 5.18. The van der Waals surface area contributed by atoms with Crippen LogP contribution < -0.4 is 4.90 Å². The van der Waals surface area contributed by atoms with E-state index < -0.39 is 0 Å². The first-order chi connectivity index (χ1) is 11.3. The fraction of sp³-hybridized carbons (Fsp3) is 0.333. The Balaban J connectivity index is 1.49. The van der Waals surface area contributed by atoms with Crippen molar-refractivity contribution >= 4 is 28.3 Å². The molecule has 0 unspecified atom stereocenters. The molecule has 1 aliphatic heterocycles. The summed E-state index contributed by atoms with van der Waals surface area (Å²) >= 11 is 6.27. The minimum atomic E-state index is 0.474. The number of imidazole rings is 1. The van der Waals surface area contributed by atoms with Gasteiger partial charge in [-0.1, -0.05) is 23.7 Å². The van der Waals surface area contributed by atoms with Gasteiger partial charge in [0.2, 0.25) is 0 Å². The van der Waals surface area contributed by atoms with Gasteiger partial charge in [-0.05, 0) is 31.0 Å². The number of nitrogens with zero attached hydrogens (tertiary/aromatic N) is 4. The van der Waals surface area contributed by atoms with Crippen LogP contribution in [-0.4, -0.2) is 27.6 Å². The predicted molar refractivity (Wildman–Crippen MR) is 92.2 cm³/mol. The molecule has 0 bridgehead atoms. The number of fused-ring (bicyclic) bond motifs is 1. The highest BCUT2D eigenvalue weighted by atomic mass is 35.5. The highest BCUT2D eigenvalue weighted by Crippen LogP contribution is 2.43. The molecule has 5 heteroatoms. The first kappa shape index (κ1) is 13.4. The van der Waals surface area contributed by atoms with Crippen molar-refractivity contribution in [2.24, 2.45) is 0 Å². The molecule has 4 nitrogen and oxygen atoms in total. The van der Waals surface area contributed by atoms with Crippen molar-refractivity contribution in [2.45, 2.75) is 24.8 Å². The van der Waals surface area contributed by atoms with Crippen LogP contribution in [0.15, 0.2) is 42.7 Å². The lowest BCUT2D eigenvalue weighted by Crippen LogP contribution is -2.48. The van der Waals surface area contributed by atoms with Crippen LogP contribution in [0, 0.1) is 0 Å². The number of anilines is 1. The summed E-state index contributed by atoms with van der Waals surface area (Å²) in [5.41, 5.74) is 3.46. The molecule has 1 saturated heterocycles. The number of benzene rings is 1. The maximum absolute atomic E-state index is 6.27. The van der Waals surface area contributed by atoms with Gasteiger partial charge in [-0.3, -0.25) is 4.98 Å². The second kappa shape index (κ2) is 4.96. The number of hydrogen-bond donors (Lipinski definition) is 0. The minimum Gasteiger partial charge on any atom is -0.366 e. The zero-order valence-corrected chi connectivity index (χ0v) is 13.4. The smallest absolute Gasteiger partial charge is 0.113 e. The average molecular weight is 325 g/mol. The summed E-state index contributed by atoms with van der Waals surface area (Å²) in [6.07, 6.45) is 6.06. The molecule has 23 heavy (non-hydrogen) atoms. The van der Waals surface area contributed by atoms with Crippen molar-refractivity contribution in [3.8, 4) is 0 Å². The number of pyridine rings is 1. The quantitative estimate of drug-likeness (QED) is 0.729. The van der Waals surface area contributed by atoms with E-state index in [1.807, 2.05) is 6.07 Å². The number of para-hydroxylation sites is 2. The van der Waals surface area contributed by atoms with Gasteiger partial charge in [0.25, 0.3) is 0 Å². The van der Waals surface area contributed by atoms with Crippen LogP contribution >= 0.6 is 11.6 Å². The summed E-state index contributed by atoms with van der Waals surface area (Å²) in [5.74, 6) is 1.93. The SMILES string of the molecule is Clc1cnccc1N1CC(n2c(C3CC3)nc3ccccc32)C1. The Morgan fingerprint density at radius 3 is 2.70 bits per heavy atom. The molecule has 2 fully saturated rings. The highest BCUT2D eigenvalue weighted by Gasteiger charge is 2.36. The van der Waals surface area contributed by atoms with Crippen LogP contribution in [0.4, 0.5) is 5.69 Å². The zero-order chi connectivity index (χ0) is 15.4. The van der Waals surface area contributed by atoms with Gasteiger partial charge in [0.05, 0.1) is 27.8 Å². The predicted octanol–water partition coefficient (Wildman–Crippen LogP) is 4.02. The van der Waals surface area contributed by atoms with E-state index in [-0.39, 0.29) is 0 Å². The third-order valence-electron chi connectivity index (χ3n) is 4.88. The van der Waals surface area contributed by atoms with Crippen LogP contribution in [0.2, 0.25) is 5.02 Å². The van der Waals surface area contributed by atoms with Gasteiger partial charge >= 0.3 is 0 Å². The maximum Gasteiger partial charge on any atom is 0.113 e. The van der Waals surface area contributed by atoms with Crippen LogP contribution in [0.5, 0.6) is 0 Å². The number of rotatable bonds is 3. The van der Waals surface area contributed by atoms with Crippen molar-refractivity contribution in [2.75, 3.05) is 18.0 Å². The molecule has 3 aromatic rings. The number of aromatic nitrogens is 3. The minimum absolute atomic E-state index is 0.474. The molecule has 1 aromatic carbocycles. The van der Waals surface area contributed by atoms with Crippen molar-refractivity contribution in [3.63, 3.8) is 0 Å². The Morgan fingerprint density at radius 2 is 1.91 bits per heavy atom. The normalized spacial score (nSPS) is 18.4. The molecular formula is C18H17ClN4. The molecule has 3 heterocycles. The standard InChI is InChI=1S/C18H17ClN4/c19-14-9-20-8-7-16(14)22-10-13(11-22)23-17-4-2-1-3-15(17)21-18(23)12-5-6-12/h1-4,7-9,12-13H,5-6,10-11H2. The van der Waals surface area contributed by atoms with E-state index in [0.717, 1.165) is 29.3 Å². The molecule has 5 rings (SSSR count). The van der Waals surface area contributed by atoms with Crippen LogP contribution in [0.1, 0.15) is 30.6 Å². The van der Waals surface area contributed by atoms with E-state index in [9.17, 15) is 0 Å². The van der Waals surface area contributed by atoms with Gasteiger partial charge in [-0.2, -0.15) is 0 Å². The molecular weight excluding hydrogens is 308 g/mol. The fourth-order valence-electron chi connectivity index (χ4n) is 3.52. The van der Waals surface area contributed by atoms with Gasteiger partial charge in [-0.15, -0.1) is 0 Å². The lowest BCUT2D eigenvalue weighted by atomic mass is 10.1. The topological polar surface area (TPSA) is 34.0 Å². The van der Waals surface area contributed by atoms with Crippen LogP contribution in [0.3, 0.4) is 0 Å². The molecule has 116 valence electrons. The van der Waals surface area contributed by atoms with Crippen LogP contribution in [-0.2, 0) is 0 Å². The summed E-state index contributed by atoms with van der Waals surface area (Å²) in [5, 5.41) is 0.726. The first-order valence-corrected chi connectivity index (χ1v) is 8.50. The molecule has 2 aromatic heterocycles. The Hall–Kier alpha value is -2.07. The van der Waals surface area contributed by atoms with E-state index in [0.29, 0.717) is 12.0 Å². The Kier molecular flexibility index (Phi) is 2.89. The van der Waals surface area contributed by atoms with E-state index >= 15 is 0 Å². The summed E-state index contributed by atoms with van der Waals surface area (Å²) in [6, 6.07) is 11.0. The van der Waals surface area contributed by atoms with Gasteiger partial charge in [0.1, 0.15) is 5.82 Å². The van der Waals surface area contributed by atoms with E-state index in [1.54, 1.807) is 12.4 Å². The Bertz CT molecular complexity index is 878. The molecule has 0 atom stereocenters. The molecule has 2 aliphatic rings. The van der Waals surface area contributed by atoms with E-state index in [1.165, 1.54) is 24.2 Å². The summed E-state index contributed by atoms with van der Waals surface area (Å²) in [4.78, 5) is 11.3. The average Bonchev–Trinajstić information content (AvgIpc) is 3.30. The summed E-state index contributed by atoms with van der Waals surface area (Å²) in [7, 11) is 0. The molecule has 1 saturated carbocycles. The van der Waals surface area contributed by atoms with Gasteiger partial charge in [0.15, 0.2) is 0 Å². The lowest BCUT2D eigenvalue weighted by Gasteiger charge is -2.42. The van der Waals surface area contributed by atoms with Gasteiger partial charge < -0.3 is 9.47 Å². The first-order valence-electron chi connectivity index (χ1n) is 8.12. The van der Waals surface area contributed by atoms with E-state index in [4.69, 9.17) is 16.6 Å². The molecule has 1 aliphatic carbocycles. The van der Waals surface area contributed by atoms with Crippen LogP contribution in [0.25, 0.3) is 11.0 Å². The molecule has 0 radical (unpaired) electrons.